The average Bonchev–Trinajstić information content (AvgIpc) is 2.41. The number of halogens is 2. The zero-order valence-electron chi connectivity index (χ0n) is 10.5. The quantitative estimate of drug-likeness (QED) is 0.618. The summed E-state index contributed by atoms with van der Waals surface area (Å²) in [4.78, 5) is 22.5. The lowest BCUT2D eigenvalue weighted by atomic mass is 10.3. The summed E-state index contributed by atoms with van der Waals surface area (Å²) in [5.74, 6) is -0.781. The summed E-state index contributed by atoms with van der Waals surface area (Å²) in [6, 6.07) is 4.61. The minimum Gasteiger partial charge on any atom is -0.480 e. The van der Waals surface area contributed by atoms with Crippen LogP contribution in [0.4, 0.5) is 0 Å². The average molecular weight is 318 g/mol. The molecule has 0 atom stereocenters. The fraction of sp³-hybridized carbons (Fsp3) is 0.231. The van der Waals surface area contributed by atoms with Crippen LogP contribution in [0.25, 0.3) is 0 Å². The molecule has 0 heterocycles. The molecule has 0 spiro atoms. The highest BCUT2D eigenvalue weighted by atomic mass is 35.5. The number of esters is 1. The molecule has 0 aliphatic heterocycles. The first-order valence-electron chi connectivity index (χ1n) is 5.64. The molecule has 7 heteroatoms. The molecule has 0 aromatic heterocycles. The number of hydrogen-bond donors (Lipinski definition) is 1. The van der Waals surface area contributed by atoms with Gasteiger partial charge in [0, 0.05) is 11.6 Å². The van der Waals surface area contributed by atoms with Gasteiger partial charge in [-0.05, 0) is 18.2 Å². The second-order valence-electron chi connectivity index (χ2n) is 3.62. The normalized spacial score (nSPS) is 9.70. The van der Waals surface area contributed by atoms with E-state index in [9.17, 15) is 9.59 Å². The monoisotopic (exact) mass is 317 g/mol. The molecule has 0 saturated heterocycles. The first kappa shape index (κ1) is 16.3. The SMILES string of the molecule is C=CCNC(=O)COC(=O)COc1ccc(Cl)cc1Cl. The van der Waals surface area contributed by atoms with Crippen LogP contribution in [-0.2, 0) is 14.3 Å². The van der Waals surface area contributed by atoms with E-state index in [1.807, 2.05) is 0 Å². The van der Waals surface area contributed by atoms with Crippen LogP contribution in [0.15, 0.2) is 30.9 Å². The van der Waals surface area contributed by atoms with Crippen molar-refractivity contribution in [1.29, 1.82) is 0 Å². The number of ether oxygens (including phenoxy) is 2. The third-order valence-corrected chi connectivity index (χ3v) is 2.58. The Hall–Kier alpha value is -1.72. The van der Waals surface area contributed by atoms with E-state index in [1.165, 1.54) is 18.2 Å². The summed E-state index contributed by atoms with van der Waals surface area (Å²) in [5.41, 5.74) is 0. The number of rotatable bonds is 7. The Kier molecular flexibility index (Phi) is 6.90. The lowest BCUT2D eigenvalue weighted by Crippen LogP contribution is -2.29. The number of carbonyl (C=O) groups is 2. The Morgan fingerprint density at radius 2 is 2.05 bits per heavy atom. The van der Waals surface area contributed by atoms with Crippen molar-refractivity contribution in [3.63, 3.8) is 0 Å². The van der Waals surface area contributed by atoms with Gasteiger partial charge in [0.25, 0.3) is 5.91 Å². The van der Waals surface area contributed by atoms with E-state index in [1.54, 1.807) is 6.07 Å². The van der Waals surface area contributed by atoms with Gasteiger partial charge in [0.1, 0.15) is 5.75 Å². The number of nitrogens with one attached hydrogen (secondary N) is 1. The summed E-state index contributed by atoms with van der Waals surface area (Å²) in [6.07, 6.45) is 1.52. The van der Waals surface area contributed by atoms with Crippen LogP contribution in [0, 0.1) is 0 Å². The maximum atomic E-state index is 11.4. The van der Waals surface area contributed by atoms with Gasteiger partial charge in [-0.25, -0.2) is 4.79 Å². The van der Waals surface area contributed by atoms with Gasteiger partial charge in [-0.15, -0.1) is 6.58 Å². The molecule has 1 N–H and O–H groups in total. The summed E-state index contributed by atoms with van der Waals surface area (Å²) < 4.78 is 9.86. The Labute approximate surface area is 126 Å². The highest BCUT2D eigenvalue weighted by molar-refractivity contribution is 6.35. The van der Waals surface area contributed by atoms with E-state index < -0.39 is 11.9 Å². The van der Waals surface area contributed by atoms with Crippen molar-refractivity contribution < 1.29 is 19.1 Å². The molecule has 5 nitrogen and oxygen atoms in total. The molecule has 1 aromatic carbocycles. The van der Waals surface area contributed by atoms with Crippen molar-refractivity contribution in [1.82, 2.24) is 5.32 Å². The first-order valence-corrected chi connectivity index (χ1v) is 6.39. The van der Waals surface area contributed by atoms with Crippen molar-refractivity contribution in [2.24, 2.45) is 0 Å². The molecule has 0 fully saturated rings. The molecule has 0 radical (unpaired) electrons. The van der Waals surface area contributed by atoms with Crippen LogP contribution in [0.1, 0.15) is 0 Å². The van der Waals surface area contributed by atoms with Gasteiger partial charge in [-0.2, -0.15) is 0 Å². The summed E-state index contributed by atoms with van der Waals surface area (Å²) >= 11 is 11.6. The van der Waals surface area contributed by atoms with Crippen molar-refractivity contribution >= 4 is 35.1 Å². The van der Waals surface area contributed by atoms with Crippen molar-refractivity contribution in [2.45, 2.75) is 0 Å². The zero-order valence-corrected chi connectivity index (χ0v) is 12.0. The van der Waals surface area contributed by atoms with Crippen molar-refractivity contribution in [2.75, 3.05) is 19.8 Å². The third kappa shape index (κ3) is 5.95. The van der Waals surface area contributed by atoms with Crippen molar-refractivity contribution in [3.8, 4) is 5.75 Å². The van der Waals surface area contributed by atoms with Gasteiger partial charge in [-0.3, -0.25) is 4.79 Å². The number of hydrogen-bond acceptors (Lipinski definition) is 4. The van der Waals surface area contributed by atoms with Gasteiger partial charge in [-0.1, -0.05) is 29.3 Å². The summed E-state index contributed by atoms with van der Waals surface area (Å²) in [7, 11) is 0. The first-order chi connectivity index (χ1) is 9.52. The molecule has 108 valence electrons. The van der Waals surface area contributed by atoms with Crippen LogP contribution >= 0.6 is 23.2 Å². The predicted molar refractivity (Wildman–Crippen MR) is 76.1 cm³/mol. The number of benzene rings is 1. The molecule has 1 amide bonds. The Balaban J connectivity index is 2.32. The lowest BCUT2D eigenvalue weighted by molar-refractivity contribution is -0.150. The second kappa shape index (κ2) is 8.45. The summed E-state index contributed by atoms with van der Waals surface area (Å²) in [6.45, 7) is 3.03. The van der Waals surface area contributed by atoms with Crippen molar-refractivity contribution in [3.05, 3.63) is 40.9 Å². The topological polar surface area (TPSA) is 64.6 Å². The van der Waals surface area contributed by atoms with Crippen LogP contribution in [0.2, 0.25) is 10.0 Å². The number of carbonyl (C=O) groups excluding carboxylic acids is 2. The fourth-order valence-corrected chi connectivity index (χ4v) is 1.62. The van der Waals surface area contributed by atoms with Crippen LogP contribution < -0.4 is 10.1 Å². The van der Waals surface area contributed by atoms with E-state index in [2.05, 4.69) is 11.9 Å². The predicted octanol–water partition coefficient (Wildman–Crippen LogP) is 2.22. The van der Waals surface area contributed by atoms with E-state index >= 15 is 0 Å². The highest BCUT2D eigenvalue weighted by Gasteiger charge is 2.09. The minimum atomic E-state index is -0.676. The van der Waals surface area contributed by atoms with Gasteiger partial charge in [0.2, 0.25) is 0 Å². The molecule has 0 bridgehead atoms. The maximum Gasteiger partial charge on any atom is 0.344 e. The Bertz CT molecular complexity index is 505. The summed E-state index contributed by atoms with van der Waals surface area (Å²) in [5, 5.41) is 3.21. The molecule has 0 saturated carbocycles. The third-order valence-electron chi connectivity index (χ3n) is 2.05. The van der Waals surface area contributed by atoms with Gasteiger partial charge in [0.05, 0.1) is 5.02 Å². The van der Waals surface area contributed by atoms with E-state index in [-0.39, 0.29) is 18.2 Å². The van der Waals surface area contributed by atoms with Gasteiger partial charge >= 0.3 is 5.97 Å². The molecule has 1 rings (SSSR count). The fourth-order valence-electron chi connectivity index (χ4n) is 1.15. The highest BCUT2D eigenvalue weighted by Crippen LogP contribution is 2.27. The molecule has 0 aliphatic rings. The molecule has 20 heavy (non-hydrogen) atoms. The Morgan fingerprint density at radius 1 is 1.30 bits per heavy atom. The van der Waals surface area contributed by atoms with E-state index in [0.717, 1.165) is 0 Å². The van der Waals surface area contributed by atoms with Gasteiger partial charge in [0.15, 0.2) is 13.2 Å². The number of amides is 1. The van der Waals surface area contributed by atoms with Gasteiger partial charge < -0.3 is 14.8 Å². The standard InChI is InChI=1S/C13H13Cl2NO4/c1-2-5-16-12(17)7-20-13(18)8-19-11-4-3-9(14)6-10(11)15/h2-4,6H,1,5,7-8H2,(H,16,17). The Morgan fingerprint density at radius 3 is 2.70 bits per heavy atom. The minimum absolute atomic E-state index is 0.286. The largest absolute Gasteiger partial charge is 0.480 e. The smallest absolute Gasteiger partial charge is 0.344 e. The zero-order chi connectivity index (χ0) is 15.0. The maximum absolute atomic E-state index is 11.4. The van der Waals surface area contributed by atoms with Crippen LogP contribution in [0.3, 0.4) is 0 Å². The molecule has 1 aromatic rings. The molecule has 0 aliphatic carbocycles. The van der Waals surface area contributed by atoms with E-state index in [4.69, 9.17) is 32.7 Å². The molecule has 0 unspecified atom stereocenters. The lowest BCUT2D eigenvalue weighted by Gasteiger charge is -2.08. The van der Waals surface area contributed by atoms with Crippen LogP contribution in [-0.4, -0.2) is 31.6 Å². The molecular formula is C13H13Cl2NO4. The molecular weight excluding hydrogens is 305 g/mol. The van der Waals surface area contributed by atoms with Crippen LogP contribution in [0.5, 0.6) is 5.75 Å². The second-order valence-corrected chi connectivity index (χ2v) is 4.46. The van der Waals surface area contributed by atoms with E-state index in [0.29, 0.717) is 17.3 Å².